The maximum atomic E-state index is 12.9. The van der Waals surface area contributed by atoms with E-state index in [2.05, 4.69) is 0 Å². The first-order chi connectivity index (χ1) is 7.90. The summed E-state index contributed by atoms with van der Waals surface area (Å²) in [5.74, 6) is -3.11. The second-order valence-corrected chi connectivity index (χ2v) is 3.03. The molecule has 0 saturated carbocycles. The number of nitro groups is 1. The summed E-state index contributed by atoms with van der Waals surface area (Å²) in [5, 5.41) is 20.7. The molecule has 0 bridgehead atoms. The van der Waals surface area contributed by atoms with Gasteiger partial charge < -0.3 is 10.4 Å². The van der Waals surface area contributed by atoms with Crippen LogP contribution in [0.25, 0.3) is 0 Å². The van der Waals surface area contributed by atoms with Gasteiger partial charge in [0.15, 0.2) is 0 Å². The molecule has 1 amide bonds. The first-order valence-electron chi connectivity index (χ1n) is 4.35. The molecule has 0 heterocycles. The number of aliphatic carboxylic acids is 1. The van der Waals surface area contributed by atoms with Crippen LogP contribution in [0.1, 0.15) is 10.4 Å². The number of rotatable bonds is 4. The summed E-state index contributed by atoms with van der Waals surface area (Å²) < 4.78 is 12.9. The Morgan fingerprint density at radius 3 is 2.59 bits per heavy atom. The Hall–Kier alpha value is -2.51. The van der Waals surface area contributed by atoms with E-state index in [0.29, 0.717) is 6.07 Å². The zero-order valence-corrected chi connectivity index (χ0v) is 8.34. The fraction of sp³-hybridized carbons (Fsp3) is 0.111. The molecule has 0 fully saturated rings. The van der Waals surface area contributed by atoms with Gasteiger partial charge in [-0.1, -0.05) is 0 Å². The lowest BCUT2D eigenvalue weighted by Crippen LogP contribution is -2.29. The molecule has 0 aliphatic heterocycles. The summed E-state index contributed by atoms with van der Waals surface area (Å²) in [4.78, 5) is 31.0. The van der Waals surface area contributed by atoms with E-state index < -0.39 is 34.8 Å². The molecule has 0 spiro atoms. The average Bonchev–Trinajstić information content (AvgIpc) is 2.24. The highest BCUT2D eigenvalue weighted by Crippen LogP contribution is 2.16. The van der Waals surface area contributed by atoms with Gasteiger partial charge in [-0.05, 0) is 6.07 Å². The molecule has 0 atom stereocenters. The van der Waals surface area contributed by atoms with Crippen molar-refractivity contribution in [3.63, 3.8) is 0 Å². The minimum Gasteiger partial charge on any atom is -0.480 e. The first kappa shape index (κ1) is 12.6. The van der Waals surface area contributed by atoms with E-state index in [-0.39, 0.29) is 5.56 Å². The molecular formula is C9H7FN2O5. The largest absolute Gasteiger partial charge is 0.480 e. The molecule has 0 aliphatic carbocycles. The number of carbonyl (C=O) groups excluding carboxylic acids is 1. The van der Waals surface area contributed by atoms with Crippen molar-refractivity contribution in [1.29, 1.82) is 0 Å². The lowest BCUT2D eigenvalue weighted by molar-refractivity contribution is -0.385. The van der Waals surface area contributed by atoms with Gasteiger partial charge in [0.05, 0.1) is 11.0 Å². The number of carboxylic acid groups (broad SMARTS) is 1. The number of carboxylic acids is 1. The van der Waals surface area contributed by atoms with Gasteiger partial charge in [-0.25, -0.2) is 4.39 Å². The fourth-order valence-electron chi connectivity index (χ4n) is 1.07. The molecule has 90 valence electrons. The smallest absolute Gasteiger partial charge is 0.322 e. The number of nitrogens with one attached hydrogen (secondary N) is 1. The standard InChI is InChI=1S/C9H7FN2O5/c10-6-1-5(2-7(3-6)12(16)17)9(15)11-4-8(13)14/h1-3H,4H2,(H,11,15)(H,13,14)/i10-1. The number of benzene rings is 1. The van der Waals surface area contributed by atoms with Crippen LogP contribution in [0.4, 0.5) is 10.1 Å². The average molecular weight is 241 g/mol. The Kier molecular flexibility index (Phi) is 3.70. The highest BCUT2D eigenvalue weighted by Gasteiger charge is 2.14. The molecule has 1 aromatic rings. The number of nitrogens with zero attached hydrogens (tertiary/aromatic N) is 1. The van der Waals surface area contributed by atoms with E-state index in [1.54, 1.807) is 0 Å². The number of carbonyl (C=O) groups is 2. The number of non-ortho nitro benzene ring substituents is 1. The van der Waals surface area contributed by atoms with Gasteiger partial charge in [-0.3, -0.25) is 19.7 Å². The van der Waals surface area contributed by atoms with Crippen LogP contribution in [-0.2, 0) is 4.79 Å². The van der Waals surface area contributed by atoms with E-state index in [4.69, 9.17) is 5.11 Å². The topological polar surface area (TPSA) is 110 Å². The third kappa shape index (κ3) is 3.52. The number of nitro benzene ring substituents is 1. The fourth-order valence-corrected chi connectivity index (χ4v) is 1.07. The van der Waals surface area contributed by atoms with Crippen molar-refractivity contribution in [3.8, 4) is 0 Å². The molecule has 1 rings (SSSR count). The maximum Gasteiger partial charge on any atom is 0.322 e. The predicted octanol–water partition coefficient (Wildman–Crippen LogP) is 0.548. The normalized spacial score (nSPS) is 9.71. The van der Waals surface area contributed by atoms with Crippen LogP contribution >= 0.6 is 0 Å². The highest BCUT2D eigenvalue weighted by atomic mass is 18.2. The highest BCUT2D eigenvalue weighted by molar-refractivity contribution is 5.96. The molecule has 0 aliphatic rings. The van der Waals surface area contributed by atoms with Gasteiger partial charge in [0.2, 0.25) is 0 Å². The van der Waals surface area contributed by atoms with Crippen molar-refractivity contribution in [2.45, 2.75) is 0 Å². The van der Waals surface area contributed by atoms with Crippen LogP contribution in [0.15, 0.2) is 18.2 Å². The molecular weight excluding hydrogens is 234 g/mol. The lowest BCUT2D eigenvalue weighted by Gasteiger charge is -2.02. The molecule has 0 aromatic heterocycles. The Morgan fingerprint density at radius 2 is 2.06 bits per heavy atom. The van der Waals surface area contributed by atoms with Crippen LogP contribution in [-0.4, -0.2) is 28.5 Å². The van der Waals surface area contributed by atoms with Gasteiger partial charge in [-0.2, -0.15) is 0 Å². The first-order valence-corrected chi connectivity index (χ1v) is 4.35. The summed E-state index contributed by atoms with van der Waals surface area (Å²) in [6, 6.07) is 2.30. The van der Waals surface area contributed by atoms with Crippen molar-refractivity contribution >= 4 is 17.6 Å². The Labute approximate surface area is 94.0 Å². The van der Waals surface area contributed by atoms with Gasteiger partial charge in [0.1, 0.15) is 12.4 Å². The number of amides is 1. The molecule has 2 N–H and O–H groups in total. The molecule has 17 heavy (non-hydrogen) atoms. The molecule has 1 aromatic carbocycles. The monoisotopic (exact) mass is 241 g/mol. The molecule has 7 nitrogen and oxygen atoms in total. The van der Waals surface area contributed by atoms with Crippen molar-refractivity contribution < 1.29 is 24.0 Å². The number of hydrogen-bond acceptors (Lipinski definition) is 4. The Balaban J connectivity index is 2.93. The van der Waals surface area contributed by atoms with Gasteiger partial charge in [0.25, 0.3) is 11.6 Å². The third-order valence-electron chi connectivity index (χ3n) is 1.76. The van der Waals surface area contributed by atoms with E-state index in [1.165, 1.54) is 0 Å². The lowest BCUT2D eigenvalue weighted by atomic mass is 10.2. The summed E-state index contributed by atoms with van der Waals surface area (Å²) >= 11 is 0. The van der Waals surface area contributed by atoms with Crippen LogP contribution < -0.4 is 5.32 Å². The summed E-state index contributed by atoms with van der Waals surface area (Å²) in [7, 11) is 0. The zero-order chi connectivity index (χ0) is 13.0. The van der Waals surface area contributed by atoms with Crippen LogP contribution in [0.3, 0.4) is 0 Å². The second kappa shape index (κ2) is 5.01. The van der Waals surface area contributed by atoms with E-state index in [0.717, 1.165) is 12.1 Å². The third-order valence-corrected chi connectivity index (χ3v) is 1.76. The Morgan fingerprint density at radius 1 is 1.41 bits per heavy atom. The van der Waals surface area contributed by atoms with Crippen LogP contribution in [0, 0.1) is 15.9 Å². The molecule has 0 saturated heterocycles. The van der Waals surface area contributed by atoms with Gasteiger partial charge in [-0.15, -0.1) is 0 Å². The molecule has 0 unspecified atom stereocenters. The van der Waals surface area contributed by atoms with Crippen molar-refractivity contribution in [2.75, 3.05) is 6.54 Å². The van der Waals surface area contributed by atoms with Crippen molar-refractivity contribution in [2.24, 2.45) is 0 Å². The second-order valence-electron chi connectivity index (χ2n) is 3.03. The van der Waals surface area contributed by atoms with Crippen LogP contribution in [0.5, 0.6) is 0 Å². The van der Waals surface area contributed by atoms with E-state index >= 15 is 0 Å². The van der Waals surface area contributed by atoms with Crippen molar-refractivity contribution in [1.82, 2.24) is 5.32 Å². The zero-order valence-electron chi connectivity index (χ0n) is 8.34. The summed E-state index contributed by atoms with van der Waals surface area (Å²) in [6.07, 6.45) is 0. The molecule has 0 radical (unpaired) electrons. The van der Waals surface area contributed by atoms with Crippen molar-refractivity contribution in [3.05, 3.63) is 39.7 Å². The quantitative estimate of drug-likeness (QED) is 0.590. The van der Waals surface area contributed by atoms with Gasteiger partial charge >= 0.3 is 5.97 Å². The Bertz CT molecular complexity index is 488. The summed E-state index contributed by atoms with van der Waals surface area (Å²) in [6.45, 7) is -0.650. The molecule has 8 heteroatoms. The predicted molar refractivity (Wildman–Crippen MR) is 53.0 cm³/mol. The van der Waals surface area contributed by atoms with E-state index in [9.17, 15) is 24.1 Å². The number of halogens is 1. The maximum absolute atomic E-state index is 12.9. The SMILES string of the molecule is O=C(O)CNC(=O)c1cc([18F])cc([N+](=O)[O-])c1. The van der Waals surface area contributed by atoms with E-state index in [1.807, 2.05) is 5.32 Å². The minimum atomic E-state index is -1.27. The number of hydrogen-bond donors (Lipinski definition) is 2. The van der Waals surface area contributed by atoms with Gasteiger partial charge in [0, 0.05) is 11.6 Å². The summed E-state index contributed by atoms with van der Waals surface area (Å²) in [5.41, 5.74) is -0.886. The van der Waals surface area contributed by atoms with Crippen LogP contribution in [0.2, 0.25) is 0 Å². The minimum absolute atomic E-state index is 0.307.